The molecule has 0 saturated heterocycles. The molecule has 0 bridgehead atoms. The first-order chi connectivity index (χ1) is 9.70. The van der Waals surface area contributed by atoms with Gasteiger partial charge >= 0.3 is 0 Å². The highest BCUT2D eigenvalue weighted by atomic mass is 15.0. The topological polar surface area (TPSA) is 40.7 Å². The zero-order valence-electron chi connectivity index (χ0n) is 11.9. The van der Waals surface area contributed by atoms with E-state index in [0.29, 0.717) is 0 Å². The second-order valence-corrected chi connectivity index (χ2v) is 5.29. The van der Waals surface area contributed by atoms with E-state index in [-0.39, 0.29) is 0 Å². The van der Waals surface area contributed by atoms with Crippen LogP contribution in [0.3, 0.4) is 0 Å². The molecule has 3 aromatic rings. The van der Waals surface area contributed by atoms with Gasteiger partial charge in [0.05, 0.1) is 17.6 Å². The second-order valence-electron chi connectivity index (χ2n) is 5.29. The Labute approximate surface area is 119 Å². The molecular formula is C17H19N3. The number of nitrogens with zero attached hydrogens (tertiary/aromatic N) is 1. The maximum atomic E-state index is 4.58. The smallest absolute Gasteiger partial charge is 0.121 e. The van der Waals surface area contributed by atoms with Crippen LogP contribution in [0.4, 0.5) is 0 Å². The number of rotatable bonds is 4. The molecule has 102 valence electrons. The van der Waals surface area contributed by atoms with Crippen LogP contribution in [-0.2, 0) is 13.1 Å². The summed E-state index contributed by atoms with van der Waals surface area (Å²) in [6.07, 6.45) is 0. The van der Waals surface area contributed by atoms with E-state index in [0.717, 1.165) is 29.9 Å². The fourth-order valence-electron chi connectivity index (χ4n) is 2.29. The monoisotopic (exact) mass is 265 g/mol. The molecule has 0 aliphatic rings. The van der Waals surface area contributed by atoms with Crippen LogP contribution in [0.5, 0.6) is 0 Å². The molecule has 0 spiro atoms. The fraction of sp³-hybridized carbons (Fsp3) is 0.235. The summed E-state index contributed by atoms with van der Waals surface area (Å²) in [5.41, 5.74) is 5.98. The van der Waals surface area contributed by atoms with E-state index in [1.807, 2.05) is 0 Å². The Bertz CT molecular complexity index is 711. The van der Waals surface area contributed by atoms with Crippen LogP contribution in [0, 0.1) is 13.8 Å². The summed E-state index contributed by atoms with van der Waals surface area (Å²) in [5.74, 6) is 0.984. The van der Waals surface area contributed by atoms with E-state index in [9.17, 15) is 0 Å². The van der Waals surface area contributed by atoms with Gasteiger partial charge in [0.1, 0.15) is 5.82 Å². The van der Waals surface area contributed by atoms with Crippen LogP contribution in [0.25, 0.3) is 11.0 Å². The normalized spacial score (nSPS) is 11.1. The minimum absolute atomic E-state index is 0.752. The number of aromatic amines is 1. The van der Waals surface area contributed by atoms with Gasteiger partial charge in [-0.05, 0) is 37.1 Å². The predicted octanol–water partition coefficient (Wildman–Crippen LogP) is 3.47. The van der Waals surface area contributed by atoms with Crippen molar-refractivity contribution in [1.82, 2.24) is 15.3 Å². The van der Waals surface area contributed by atoms with Gasteiger partial charge in [0.25, 0.3) is 0 Å². The summed E-state index contributed by atoms with van der Waals surface area (Å²) in [5, 5.41) is 3.42. The van der Waals surface area contributed by atoms with Crippen molar-refractivity contribution in [2.45, 2.75) is 26.9 Å². The van der Waals surface area contributed by atoms with Crippen molar-refractivity contribution in [2.24, 2.45) is 0 Å². The van der Waals surface area contributed by atoms with Gasteiger partial charge in [-0.3, -0.25) is 0 Å². The molecule has 2 N–H and O–H groups in total. The largest absolute Gasteiger partial charge is 0.341 e. The van der Waals surface area contributed by atoms with Gasteiger partial charge in [-0.1, -0.05) is 35.9 Å². The molecule has 0 saturated carbocycles. The van der Waals surface area contributed by atoms with Crippen molar-refractivity contribution in [3.05, 3.63) is 65.0 Å². The number of nitrogens with one attached hydrogen (secondary N) is 2. The average molecular weight is 265 g/mol. The van der Waals surface area contributed by atoms with E-state index in [4.69, 9.17) is 0 Å². The first-order valence-electron chi connectivity index (χ1n) is 6.92. The summed E-state index contributed by atoms with van der Waals surface area (Å²) in [6.45, 7) is 5.81. The number of hydrogen-bond acceptors (Lipinski definition) is 2. The first kappa shape index (κ1) is 12.9. The molecule has 0 unspecified atom stereocenters. The van der Waals surface area contributed by atoms with Gasteiger partial charge in [0.15, 0.2) is 0 Å². The number of aromatic nitrogens is 2. The van der Waals surface area contributed by atoms with Crippen molar-refractivity contribution in [3.63, 3.8) is 0 Å². The number of fused-ring (bicyclic) bond motifs is 1. The maximum absolute atomic E-state index is 4.58. The lowest BCUT2D eigenvalue weighted by atomic mass is 10.1. The second kappa shape index (κ2) is 5.47. The Morgan fingerprint density at radius 2 is 1.70 bits per heavy atom. The maximum Gasteiger partial charge on any atom is 0.121 e. The van der Waals surface area contributed by atoms with Crippen molar-refractivity contribution in [2.75, 3.05) is 0 Å². The quantitative estimate of drug-likeness (QED) is 0.758. The third-order valence-electron chi connectivity index (χ3n) is 3.43. The molecule has 0 atom stereocenters. The highest BCUT2D eigenvalue weighted by Crippen LogP contribution is 2.13. The van der Waals surface area contributed by atoms with Crippen molar-refractivity contribution >= 4 is 11.0 Å². The standard InChI is InChI=1S/C17H19N3/c1-12-3-6-14(7-4-12)10-18-11-17-19-15-8-5-13(2)9-16(15)20-17/h3-9,18H,10-11H2,1-2H3,(H,19,20). The third kappa shape index (κ3) is 2.89. The van der Waals surface area contributed by atoms with E-state index >= 15 is 0 Å². The molecule has 1 aromatic heterocycles. The fourth-order valence-corrected chi connectivity index (χ4v) is 2.29. The molecule has 0 aliphatic carbocycles. The Balaban J connectivity index is 1.63. The molecule has 0 aliphatic heterocycles. The number of imidazole rings is 1. The van der Waals surface area contributed by atoms with Gasteiger partial charge in [0, 0.05) is 6.54 Å². The van der Waals surface area contributed by atoms with Gasteiger partial charge in [0.2, 0.25) is 0 Å². The van der Waals surface area contributed by atoms with Crippen LogP contribution in [0.15, 0.2) is 42.5 Å². The lowest BCUT2D eigenvalue weighted by Crippen LogP contribution is -2.13. The molecule has 1 heterocycles. The minimum atomic E-state index is 0.752. The Hall–Kier alpha value is -2.13. The van der Waals surface area contributed by atoms with Crippen molar-refractivity contribution in [3.8, 4) is 0 Å². The number of aryl methyl sites for hydroxylation is 2. The highest BCUT2D eigenvalue weighted by molar-refractivity contribution is 5.75. The summed E-state index contributed by atoms with van der Waals surface area (Å²) < 4.78 is 0. The van der Waals surface area contributed by atoms with E-state index in [1.54, 1.807) is 0 Å². The molecule has 0 amide bonds. The lowest BCUT2D eigenvalue weighted by Gasteiger charge is -2.03. The van der Waals surface area contributed by atoms with Crippen LogP contribution in [0.1, 0.15) is 22.5 Å². The Morgan fingerprint density at radius 3 is 2.50 bits per heavy atom. The molecule has 3 rings (SSSR count). The molecular weight excluding hydrogens is 246 g/mol. The zero-order chi connectivity index (χ0) is 13.9. The number of hydrogen-bond donors (Lipinski definition) is 2. The Kier molecular flexibility index (Phi) is 3.52. The first-order valence-corrected chi connectivity index (χ1v) is 6.92. The molecule has 3 nitrogen and oxygen atoms in total. The molecule has 20 heavy (non-hydrogen) atoms. The van der Waals surface area contributed by atoms with Crippen LogP contribution < -0.4 is 5.32 Å². The molecule has 2 aromatic carbocycles. The SMILES string of the molecule is Cc1ccc(CNCc2nc3ccc(C)cc3[nH]2)cc1. The number of benzene rings is 2. The average Bonchev–Trinajstić information content (AvgIpc) is 2.83. The summed E-state index contributed by atoms with van der Waals surface area (Å²) in [7, 11) is 0. The Morgan fingerprint density at radius 1 is 0.950 bits per heavy atom. The third-order valence-corrected chi connectivity index (χ3v) is 3.43. The highest BCUT2D eigenvalue weighted by Gasteiger charge is 2.02. The van der Waals surface area contributed by atoms with Crippen molar-refractivity contribution in [1.29, 1.82) is 0 Å². The zero-order valence-corrected chi connectivity index (χ0v) is 11.9. The van der Waals surface area contributed by atoms with Gasteiger partial charge in [-0.25, -0.2) is 4.98 Å². The van der Waals surface area contributed by atoms with Gasteiger partial charge in [-0.2, -0.15) is 0 Å². The van der Waals surface area contributed by atoms with E-state index in [2.05, 4.69) is 71.6 Å². The summed E-state index contributed by atoms with van der Waals surface area (Å²) >= 11 is 0. The van der Waals surface area contributed by atoms with Gasteiger partial charge in [-0.15, -0.1) is 0 Å². The summed E-state index contributed by atoms with van der Waals surface area (Å²) in [4.78, 5) is 7.94. The van der Waals surface area contributed by atoms with E-state index in [1.165, 1.54) is 16.7 Å². The summed E-state index contributed by atoms with van der Waals surface area (Å²) in [6, 6.07) is 14.9. The van der Waals surface area contributed by atoms with Crippen LogP contribution in [0.2, 0.25) is 0 Å². The molecule has 0 fully saturated rings. The predicted molar refractivity (Wildman–Crippen MR) is 82.6 cm³/mol. The van der Waals surface area contributed by atoms with Crippen LogP contribution in [-0.4, -0.2) is 9.97 Å². The molecule has 3 heteroatoms. The minimum Gasteiger partial charge on any atom is -0.341 e. The molecule has 0 radical (unpaired) electrons. The van der Waals surface area contributed by atoms with Crippen LogP contribution >= 0.6 is 0 Å². The lowest BCUT2D eigenvalue weighted by molar-refractivity contribution is 0.670. The van der Waals surface area contributed by atoms with E-state index < -0.39 is 0 Å². The number of H-pyrrole nitrogens is 1. The van der Waals surface area contributed by atoms with Gasteiger partial charge < -0.3 is 10.3 Å². The van der Waals surface area contributed by atoms with Crippen molar-refractivity contribution < 1.29 is 0 Å².